The molecule has 1 amide bonds. The summed E-state index contributed by atoms with van der Waals surface area (Å²) in [4.78, 5) is 14.6. The zero-order valence-electron chi connectivity index (χ0n) is 19.0. The number of nitrogens with zero attached hydrogens (tertiary/aromatic N) is 4. The molecule has 0 saturated heterocycles. The van der Waals surface area contributed by atoms with Crippen molar-refractivity contribution in [2.75, 3.05) is 26.0 Å². The van der Waals surface area contributed by atoms with Crippen molar-refractivity contribution in [1.82, 2.24) is 19.7 Å². The fraction of sp³-hybridized carbons (Fsp3) is 0.400. The molecule has 1 aliphatic carbocycles. The second-order valence-electron chi connectivity index (χ2n) is 8.65. The van der Waals surface area contributed by atoms with Crippen LogP contribution in [0.3, 0.4) is 0 Å². The van der Waals surface area contributed by atoms with Gasteiger partial charge in [0, 0.05) is 18.7 Å². The van der Waals surface area contributed by atoms with Crippen molar-refractivity contribution >= 4 is 29.3 Å². The van der Waals surface area contributed by atoms with E-state index in [1.807, 2.05) is 48.5 Å². The van der Waals surface area contributed by atoms with E-state index in [2.05, 4.69) is 14.8 Å². The molecule has 1 aliphatic heterocycles. The highest BCUT2D eigenvalue weighted by Gasteiger charge is 2.27. The Hall–Kier alpha value is -2.71. The molecule has 1 unspecified atom stereocenters. The highest BCUT2D eigenvalue weighted by atomic mass is 35.5. The molecule has 2 heterocycles. The van der Waals surface area contributed by atoms with E-state index in [-0.39, 0.29) is 17.8 Å². The summed E-state index contributed by atoms with van der Waals surface area (Å²) < 4.78 is 14.0. The SMILES string of the molecule is CN(CC1COc2ccccc2O1)C(=O)CSc1nnc(-c2ccccc2Cl)n1C1CCCC1. The lowest BCUT2D eigenvalue weighted by molar-refractivity contribution is -0.128. The zero-order valence-corrected chi connectivity index (χ0v) is 20.6. The van der Waals surface area contributed by atoms with Crippen LogP contribution in [0.2, 0.25) is 5.02 Å². The molecular weight excluding hydrogens is 472 g/mol. The minimum Gasteiger partial charge on any atom is -0.486 e. The fourth-order valence-corrected chi connectivity index (χ4v) is 5.66. The molecule has 1 atom stereocenters. The molecule has 2 aromatic carbocycles. The van der Waals surface area contributed by atoms with Gasteiger partial charge in [-0.25, -0.2) is 0 Å². The molecule has 0 radical (unpaired) electrons. The largest absolute Gasteiger partial charge is 0.486 e. The van der Waals surface area contributed by atoms with Crippen LogP contribution < -0.4 is 9.47 Å². The van der Waals surface area contributed by atoms with Crippen LogP contribution in [0.25, 0.3) is 11.4 Å². The number of carbonyl (C=O) groups excluding carboxylic acids is 1. The molecule has 178 valence electrons. The number of ether oxygens (including phenoxy) is 2. The lowest BCUT2D eigenvalue weighted by Crippen LogP contribution is -2.42. The first kappa shape index (κ1) is 23.1. The summed E-state index contributed by atoms with van der Waals surface area (Å²) >= 11 is 7.89. The van der Waals surface area contributed by atoms with E-state index in [4.69, 9.17) is 21.1 Å². The molecule has 34 heavy (non-hydrogen) atoms. The number of fused-ring (bicyclic) bond motifs is 1. The van der Waals surface area contributed by atoms with Crippen LogP contribution in [0.4, 0.5) is 0 Å². The molecule has 2 aliphatic rings. The molecule has 0 bridgehead atoms. The molecule has 7 nitrogen and oxygen atoms in total. The first-order chi connectivity index (χ1) is 16.6. The summed E-state index contributed by atoms with van der Waals surface area (Å²) in [6.07, 6.45) is 4.32. The van der Waals surface area contributed by atoms with Gasteiger partial charge >= 0.3 is 0 Å². The Bertz CT molecular complexity index is 1160. The predicted molar refractivity (Wildman–Crippen MR) is 133 cm³/mol. The second-order valence-corrected chi connectivity index (χ2v) is 10.0. The number of amides is 1. The number of likely N-dealkylation sites (N-methyl/N-ethyl adjacent to an activating group) is 1. The summed E-state index contributed by atoms with van der Waals surface area (Å²) in [6, 6.07) is 15.6. The standard InChI is InChI=1S/C25H27ClN4O3S/c1-29(14-18-15-32-21-12-6-7-13-22(21)33-18)23(31)16-34-25-28-27-24(19-10-4-5-11-20(19)26)30(25)17-8-2-3-9-17/h4-7,10-13,17-18H,2-3,8-9,14-16H2,1H3. The van der Waals surface area contributed by atoms with Gasteiger partial charge in [0.2, 0.25) is 5.91 Å². The number of rotatable bonds is 7. The molecular formula is C25H27ClN4O3S. The van der Waals surface area contributed by atoms with Gasteiger partial charge in [-0.1, -0.05) is 60.5 Å². The Labute approximate surface area is 208 Å². The maximum atomic E-state index is 12.9. The fourth-order valence-electron chi connectivity index (χ4n) is 4.49. The van der Waals surface area contributed by atoms with E-state index >= 15 is 0 Å². The maximum absolute atomic E-state index is 12.9. The average molecular weight is 499 g/mol. The number of benzene rings is 2. The van der Waals surface area contributed by atoms with Crippen molar-refractivity contribution < 1.29 is 14.3 Å². The molecule has 0 spiro atoms. The highest BCUT2D eigenvalue weighted by Crippen LogP contribution is 2.38. The summed E-state index contributed by atoms with van der Waals surface area (Å²) in [6.45, 7) is 0.868. The number of carbonyl (C=O) groups is 1. The molecule has 1 aromatic heterocycles. The third-order valence-corrected chi connectivity index (χ3v) is 7.52. The van der Waals surface area contributed by atoms with Crippen LogP contribution >= 0.6 is 23.4 Å². The summed E-state index contributed by atoms with van der Waals surface area (Å²) in [5, 5.41) is 10.3. The minimum absolute atomic E-state index is 0.00715. The van der Waals surface area contributed by atoms with Crippen LogP contribution in [-0.2, 0) is 4.79 Å². The average Bonchev–Trinajstić information content (AvgIpc) is 3.52. The van der Waals surface area contributed by atoms with Crippen LogP contribution in [0, 0.1) is 0 Å². The number of para-hydroxylation sites is 2. The van der Waals surface area contributed by atoms with Gasteiger partial charge < -0.3 is 14.4 Å². The van der Waals surface area contributed by atoms with Gasteiger partial charge in [0.25, 0.3) is 0 Å². The van der Waals surface area contributed by atoms with Crippen molar-refractivity contribution in [1.29, 1.82) is 0 Å². The van der Waals surface area contributed by atoms with Gasteiger partial charge in [-0.05, 0) is 37.1 Å². The minimum atomic E-state index is -0.206. The first-order valence-electron chi connectivity index (χ1n) is 11.5. The Kier molecular flexibility index (Phi) is 6.97. The van der Waals surface area contributed by atoms with Gasteiger partial charge in [-0.2, -0.15) is 0 Å². The number of halogens is 1. The van der Waals surface area contributed by atoms with Gasteiger partial charge in [0.05, 0.1) is 17.3 Å². The summed E-state index contributed by atoms with van der Waals surface area (Å²) in [5.41, 5.74) is 0.869. The second kappa shape index (κ2) is 10.3. The zero-order chi connectivity index (χ0) is 23.5. The Morgan fingerprint density at radius 1 is 1.12 bits per heavy atom. The summed E-state index contributed by atoms with van der Waals surface area (Å²) in [5.74, 6) is 2.50. The highest BCUT2D eigenvalue weighted by molar-refractivity contribution is 7.99. The van der Waals surface area contributed by atoms with Gasteiger partial charge in [0.1, 0.15) is 6.61 Å². The van der Waals surface area contributed by atoms with E-state index in [1.165, 1.54) is 24.6 Å². The summed E-state index contributed by atoms with van der Waals surface area (Å²) in [7, 11) is 1.80. The van der Waals surface area contributed by atoms with Gasteiger partial charge in [0.15, 0.2) is 28.6 Å². The van der Waals surface area contributed by atoms with Crippen LogP contribution in [0.5, 0.6) is 11.5 Å². The molecule has 0 N–H and O–H groups in total. The maximum Gasteiger partial charge on any atom is 0.232 e. The Morgan fingerprint density at radius 3 is 2.65 bits per heavy atom. The van der Waals surface area contributed by atoms with E-state index < -0.39 is 0 Å². The quantitative estimate of drug-likeness (QED) is 0.422. The van der Waals surface area contributed by atoms with Crippen molar-refractivity contribution in [3.8, 4) is 22.9 Å². The van der Waals surface area contributed by atoms with Crippen LogP contribution in [0.1, 0.15) is 31.7 Å². The van der Waals surface area contributed by atoms with Crippen molar-refractivity contribution in [2.45, 2.75) is 43.0 Å². The van der Waals surface area contributed by atoms with E-state index in [0.717, 1.165) is 35.1 Å². The van der Waals surface area contributed by atoms with Crippen LogP contribution in [-0.4, -0.2) is 57.6 Å². The number of aromatic nitrogens is 3. The smallest absolute Gasteiger partial charge is 0.232 e. The van der Waals surface area contributed by atoms with Gasteiger partial charge in [-0.15, -0.1) is 10.2 Å². The molecule has 5 rings (SSSR count). The van der Waals surface area contributed by atoms with Gasteiger partial charge in [-0.3, -0.25) is 9.36 Å². The van der Waals surface area contributed by atoms with Crippen molar-refractivity contribution in [3.63, 3.8) is 0 Å². The topological polar surface area (TPSA) is 69.5 Å². The number of hydrogen-bond acceptors (Lipinski definition) is 6. The van der Waals surface area contributed by atoms with E-state index in [0.29, 0.717) is 30.0 Å². The normalized spacial score (nSPS) is 17.6. The van der Waals surface area contributed by atoms with Crippen molar-refractivity contribution in [2.24, 2.45) is 0 Å². The number of thioether (sulfide) groups is 1. The van der Waals surface area contributed by atoms with E-state index in [1.54, 1.807) is 11.9 Å². The lowest BCUT2D eigenvalue weighted by atomic mass is 10.2. The monoisotopic (exact) mass is 498 g/mol. The third kappa shape index (κ3) is 4.88. The Morgan fingerprint density at radius 2 is 1.85 bits per heavy atom. The van der Waals surface area contributed by atoms with Crippen molar-refractivity contribution in [3.05, 3.63) is 53.6 Å². The Balaban J connectivity index is 1.26. The van der Waals surface area contributed by atoms with Crippen LogP contribution in [0.15, 0.2) is 53.7 Å². The predicted octanol–water partition coefficient (Wildman–Crippen LogP) is 5.10. The number of hydrogen-bond donors (Lipinski definition) is 0. The molecule has 3 aromatic rings. The lowest BCUT2D eigenvalue weighted by Gasteiger charge is -2.29. The molecule has 1 saturated carbocycles. The first-order valence-corrected chi connectivity index (χ1v) is 12.9. The third-order valence-electron chi connectivity index (χ3n) is 6.26. The van der Waals surface area contributed by atoms with E-state index in [9.17, 15) is 4.79 Å². The molecule has 1 fully saturated rings. The molecule has 9 heteroatoms.